The van der Waals surface area contributed by atoms with Gasteiger partial charge < -0.3 is 15.8 Å². The van der Waals surface area contributed by atoms with Crippen molar-refractivity contribution in [1.82, 2.24) is 14.8 Å². The third-order valence-corrected chi connectivity index (χ3v) is 5.09. The molecular formula is C26H23N5O3. The van der Waals surface area contributed by atoms with Crippen molar-refractivity contribution < 1.29 is 14.3 Å². The fourth-order valence-corrected chi connectivity index (χ4v) is 3.41. The Kier molecular flexibility index (Phi) is 6.49. The van der Waals surface area contributed by atoms with Gasteiger partial charge in [0.05, 0.1) is 23.3 Å². The number of nitrogens with two attached hydrogens (primary N) is 1. The maximum Gasteiger partial charge on any atom is 0.248 e. The Balaban J connectivity index is 1.40. The van der Waals surface area contributed by atoms with E-state index in [1.54, 1.807) is 36.4 Å². The van der Waals surface area contributed by atoms with Crippen LogP contribution in [0.2, 0.25) is 0 Å². The molecule has 4 aromatic rings. The van der Waals surface area contributed by atoms with Gasteiger partial charge in [0.1, 0.15) is 5.75 Å². The third kappa shape index (κ3) is 5.18. The number of ether oxygens (including phenoxy) is 1. The zero-order valence-corrected chi connectivity index (χ0v) is 18.7. The smallest absolute Gasteiger partial charge is 0.248 e. The minimum Gasteiger partial charge on any atom is -0.439 e. The fourth-order valence-electron chi connectivity index (χ4n) is 3.41. The van der Waals surface area contributed by atoms with Crippen LogP contribution in [0.3, 0.4) is 0 Å². The van der Waals surface area contributed by atoms with Crippen molar-refractivity contribution in [2.75, 3.05) is 5.32 Å². The lowest BCUT2D eigenvalue weighted by atomic mass is 10.2. The largest absolute Gasteiger partial charge is 0.439 e. The number of carbonyl (C=O) groups is 2. The first kappa shape index (κ1) is 22.5. The van der Waals surface area contributed by atoms with Crippen LogP contribution in [0.5, 0.6) is 11.6 Å². The van der Waals surface area contributed by atoms with Crippen molar-refractivity contribution in [2.45, 2.75) is 13.8 Å². The summed E-state index contributed by atoms with van der Waals surface area (Å²) in [5, 5.41) is 7.36. The highest BCUT2D eigenvalue weighted by molar-refractivity contribution is 6.02. The Labute approximate surface area is 196 Å². The molecule has 8 heteroatoms. The summed E-state index contributed by atoms with van der Waals surface area (Å²) in [6, 6.07) is 19.6. The number of rotatable bonds is 7. The van der Waals surface area contributed by atoms with Crippen LogP contribution in [0.4, 0.5) is 5.69 Å². The summed E-state index contributed by atoms with van der Waals surface area (Å²) in [6.07, 6.45) is 4.71. The minimum atomic E-state index is -0.540. The van der Waals surface area contributed by atoms with E-state index in [0.29, 0.717) is 22.9 Å². The Bertz CT molecular complexity index is 1360. The lowest BCUT2D eigenvalue weighted by Gasteiger charge is -2.07. The van der Waals surface area contributed by atoms with Gasteiger partial charge in [-0.3, -0.25) is 9.59 Å². The molecule has 170 valence electrons. The van der Waals surface area contributed by atoms with Gasteiger partial charge in [0.15, 0.2) is 0 Å². The van der Waals surface area contributed by atoms with E-state index in [1.807, 2.05) is 48.9 Å². The molecule has 2 aromatic carbocycles. The van der Waals surface area contributed by atoms with Gasteiger partial charge in [-0.15, -0.1) is 0 Å². The average molecular weight is 454 g/mol. The average Bonchev–Trinajstić information content (AvgIpc) is 3.13. The number of anilines is 1. The number of benzene rings is 2. The third-order valence-electron chi connectivity index (χ3n) is 5.09. The highest BCUT2D eigenvalue weighted by Gasteiger charge is 2.11. The molecule has 0 saturated carbocycles. The number of hydrogen-bond acceptors (Lipinski definition) is 5. The Morgan fingerprint density at radius 2 is 1.82 bits per heavy atom. The Morgan fingerprint density at radius 3 is 2.53 bits per heavy atom. The first-order valence-electron chi connectivity index (χ1n) is 10.5. The molecule has 8 nitrogen and oxygen atoms in total. The molecule has 0 unspecified atom stereocenters. The molecule has 0 radical (unpaired) electrons. The molecule has 0 spiro atoms. The highest BCUT2D eigenvalue weighted by atomic mass is 16.5. The van der Waals surface area contributed by atoms with Crippen LogP contribution < -0.4 is 15.8 Å². The summed E-state index contributed by atoms with van der Waals surface area (Å²) in [6.45, 7) is 3.87. The first-order valence-corrected chi connectivity index (χ1v) is 10.5. The number of aromatic nitrogens is 3. The zero-order valence-electron chi connectivity index (χ0n) is 18.7. The van der Waals surface area contributed by atoms with Crippen molar-refractivity contribution in [1.29, 1.82) is 0 Å². The van der Waals surface area contributed by atoms with E-state index >= 15 is 0 Å². The second kappa shape index (κ2) is 9.83. The Hall–Kier alpha value is -4.72. The van der Waals surface area contributed by atoms with E-state index in [0.717, 1.165) is 22.6 Å². The second-order valence-electron chi connectivity index (χ2n) is 7.53. The van der Waals surface area contributed by atoms with Gasteiger partial charge in [-0.25, -0.2) is 9.67 Å². The van der Waals surface area contributed by atoms with Gasteiger partial charge in [-0.1, -0.05) is 24.3 Å². The quantitative estimate of drug-likeness (QED) is 0.402. The summed E-state index contributed by atoms with van der Waals surface area (Å²) in [5.74, 6) is -0.0849. The molecular weight excluding hydrogens is 430 g/mol. The predicted molar refractivity (Wildman–Crippen MR) is 130 cm³/mol. The summed E-state index contributed by atoms with van der Waals surface area (Å²) >= 11 is 0. The van der Waals surface area contributed by atoms with Crippen LogP contribution >= 0.6 is 0 Å². The number of aryl methyl sites for hydroxylation is 1. The molecule has 0 bridgehead atoms. The van der Waals surface area contributed by atoms with E-state index in [1.165, 1.54) is 18.3 Å². The van der Waals surface area contributed by atoms with E-state index in [-0.39, 0.29) is 5.91 Å². The second-order valence-corrected chi connectivity index (χ2v) is 7.53. The van der Waals surface area contributed by atoms with Crippen LogP contribution in [-0.2, 0) is 4.79 Å². The van der Waals surface area contributed by atoms with E-state index in [2.05, 4.69) is 15.4 Å². The minimum absolute atomic E-state index is 0.295. The van der Waals surface area contributed by atoms with Gasteiger partial charge in [0.25, 0.3) is 0 Å². The number of nitrogens with zero attached hydrogens (tertiary/aromatic N) is 3. The number of nitrogens with one attached hydrogen (secondary N) is 1. The fraction of sp³-hybridized carbons (Fsp3) is 0.0769. The molecule has 0 saturated heterocycles. The molecule has 2 aromatic heterocycles. The predicted octanol–water partition coefficient (Wildman–Crippen LogP) is 4.43. The number of amides is 2. The molecule has 0 fully saturated rings. The molecule has 2 heterocycles. The number of pyridine rings is 1. The van der Waals surface area contributed by atoms with Crippen molar-refractivity contribution in [3.05, 3.63) is 102 Å². The van der Waals surface area contributed by atoms with Gasteiger partial charge in [-0.2, -0.15) is 5.10 Å². The van der Waals surface area contributed by atoms with Crippen LogP contribution in [-0.4, -0.2) is 26.6 Å². The molecule has 0 aliphatic rings. The molecule has 3 N–H and O–H groups in total. The van der Waals surface area contributed by atoms with Gasteiger partial charge in [0, 0.05) is 29.0 Å². The number of carbonyl (C=O) groups excluding carboxylic acids is 2. The maximum atomic E-state index is 12.4. The lowest BCUT2D eigenvalue weighted by Crippen LogP contribution is -2.10. The Morgan fingerprint density at radius 1 is 1.03 bits per heavy atom. The van der Waals surface area contributed by atoms with E-state index < -0.39 is 5.91 Å². The molecule has 0 aliphatic heterocycles. The molecule has 0 aliphatic carbocycles. The van der Waals surface area contributed by atoms with Crippen molar-refractivity contribution in [2.24, 2.45) is 5.73 Å². The summed E-state index contributed by atoms with van der Waals surface area (Å²) < 4.78 is 7.50. The van der Waals surface area contributed by atoms with Crippen LogP contribution in [0.1, 0.15) is 27.3 Å². The van der Waals surface area contributed by atoms with Crippen molar-refractivity contribution in [3.8, 4) is 17.3 Å². The van der Waals surface area contributed by atoms with Crippen LogP contribution in [0, 0.1) is 13.8 Å². The van der Waals surface area contributed by atoms with E-state index in [9.17, 15) is 9.59 Å². The normalized spacial score (nSPS) is 10.9. The molecule has 2 amide bonds. The lowest BCUT2D eigenvalue weighted by molar-refractivity contribution is -0.111. The SMILES string of the molecule is Cc1nn(-c2ccccc2)c(C)c1/C=C/C(=O)Nc1ccc(Oc2cccc(C(N)=O)c2)nc1. The monoisotopic (exact) mass is 453 g/mol. The topological polar surface area (TPSA) is 112 Å². The number of para-hydroxylation sites is 1. The summed E-state index contributed by atoms with van der Waals surface area (Å²) in [7, 11) is 0. The first-order chi connectivity index (χ1) is 16.4. The zero-order chi connectivity index (χ0) is 24.1. The highest BCUT2D eigenvalue weighted by Crippen LogP contribution is 2.22. The van der Waals surface area contributed by atoms with Crippen molar-refractivity contribution in [3.63, 3.8) is 0 Å². The van der Waals surface area contributed by atoms with Crippen LogP contribution in [0.15, 0.2) is 79.0 Å². The van der Waals surface area contributed by atoms with Gasteiger partial charge in [0.2, 0.25) is 17.7 Å². The molecule has 0 atom stereocenters. The van der Waals surface area contributed by atoms with E-state index in [4.69, 9.17) is 10.5 Å². The van der Waals surface area contributed by atoms with Gasteiger partial charge >= 0.3 is 0 Å². The number of hydrogen-bond donors (Lipinski definition) is 2. The summed E-state index contributed by atoms with van der Waals surface area (Å²) in [4.78, 5) is 27.9. The standard InChI is InChI=1S/C26H23N5O3/c1-17-23(18(2)31(30-17)21-8-4-3-5-9-21)12-13-24(32)29-20-11-14-25(28-16-20)34-22-10-6-7-19(15-22)26(27)33/h3-16H,1-2H3,(H2,27,33)(H,29,32)/b13-12+. The van der Waals surface area contributed by atoms with Crippen LogP contribution in [0.25, 0.3) is 11.8 Å². The summed E-state index contributed by atoms with van der Waals surface area (Å²) in [5.41, 5.74) is 9.76. The number of primary amides is 1. The van der Waals surface area contributed by atoms with Crippen molar-refractivity contribution >= 4 is 23.6 Å². The molecule has 4 rings (SSSR count). The maximum absolute atomic E-state index is 12.4. The molecule has 34 heavy (non-hydrogen) atoms. The van der Waals surface area contributed by atoms with Gasteiger partial charge in [-0.05, 0) is 56.3 Å².